The molecule has 8 heteroatoms. The number of benzene rings is 1. The summed E-state index contributed by atoms with van der Waals surface area (Å²) in [6.45, 7) is 0.845. The quantitative estimate of drug-likeness (QED) is 0.419. The Kier molecular flexibility index (Phi) is 4.22. The van der Waals surface area contributed by atoms with E-state index in [1.54, 1.807) is 55.1 Å². The minimum atomic E-state index is -3.79. The van der Waals surface area contributed by atoms with Gasteiger partial charge in [-0.15, -0.1) is 0 Å². The Morgan fingerprint density at radius 1 is 0.938 bits per heavy atom. The SMILES string of the molecule is O=S(=O)(c1ccccc1)n1cc(-c2c(-c3ccccn3)nn3c2CCC3)c2ccncc21. The molecule has 0 atom stereocenters. The lowest BCUT2D eigenvalue weighted by Gasteiger charge is -2.07. The molecule has 0 amide bonds. The van der Waals surface area contributed by atoms with Crippen molar-refractivity contribution in [1.29, 1.82) is 0 Å². The molecule has 0 bridgehead atoms. The Morgan fingerprint density at radius 3 is 2.59 bits per heavy atom. The Hall–Kier alpha value is -3.78. The van der Waals surface area contributed by atoms with Crippen LogP contribution in [0.15, 0.2) is 84.3 Å². The summed E-state index contributed by atoms with van der Waals surface area (Å²) < 4.78 is 30.4. The van der Waals surface area contributed by atoms with Gasteiger partial charge in [-0.3, -0.25) is 14.6 Å². The second-order valence-corrected chi connectivity index (χ2v) is 9.58. The van der Waals surface area contributed by atoms with Crippen molar-refractivity contribution < 1.29 is 8.42 Å². The predicted octanol–water partition coefficient (Wildman–Crippen LogP) is 4.15. The molecule has 1 aliphatic heterocycles. The van der Waals surface area contributed by atoms with Crippen LogP contribution in [-0.2, 0) is 23.0 Å². The molecule has 0 saturated heterocycles. The molecular weight excluding hydrogens is 422 g/mol. The molecule has 1 aromatic carbocycles. The molecule has 1 aliphatic rings. The van der Waals surface area contributed by atoms with E-state index in [0.717, 1.165) is 53.0 Å². The lowest BCUT2D eigenvalue weighted by atomic mass is 10.00. The monoisotopic (exact) mass is 441 g/mol. The van der Waals surface area contributed by atoms with E-state index in [4.69, 9.17) is 5.10 Å². The lowest BCUT2D eigenvalue weighted by Crippen LogP contribution is -2.11. The van der Waals surface area contributed by atoms with E-state index in [1.165, 1.54) is 3.97 Å². The number of hydrogen-bond donors (Lipinski definition) is 0. The van der Waals surface area contributed by atoms with Gasteiger partial charge in [0, 0.05) is 47.3 Å². The van der Waals surface area contributed by atoms with E-state index in [1.807, 2.05) is 28.9 Å². The van der Waals surface area contributed by atoms with Gasteiger partial charge in [-0.25, -0.2) is 12.4 Å². The maximum absolute atomic E-state index is 13.5. The van der Waals surface area contributed by atoms with Crippen LogP contribution in [0.5, 0.6) is 0 Å². The van der Waals surface area contributed by atoms with Gasteiger partial charge in [-0.2, -0.15) is 5.10 Å². The Morgan fingerprint density at radius 2 is 1.78 bits per heavy atom. The highest BCUT2D eigenvalue weighted by atomic mass is 32.2. The number of aromatic nitrogens is 5. The largest absolute Gasteiger partial charge is 0.268 e. The van der Waals surface area contributed by atoms with E-state index < -0.39 is 10.0 Å². The molecule has 5 aromatic rings. The summed E-state index contributed by atoms with van der Waals surface area (Å²) in [7, 11) is -3.79. The number of hydrogen-bond acceptors (Lipinski definition) is 5. The molecule has 0 unspecified atom stereocenters. The van der Waals surface area contributed by atoms with Crippen LogP contribution in [0.2, 0.25) is 0 Å². The van der Waals surface area contributed by atoms with Gasteiger partial charge in [-0.05, 0) is 43.2 Å². The van der Waals surface area contributed by atoms with Gasteiger partial charge < -0.3 is 0 Å². The highest BCUT2D eigenvalue weighted by Crippen LogP contribution is 2.41. The fourth-order valence-corrected chi connectivity index (χ4v) is 5.82. The van der Waals surface area contributed by atoms with Crippen LogP contribution in [-0.4, -0.2) is 32.1 Å². The third-order valence-corrected chi connectivity index (χ3v) is 7.58. The van der Waals surface area contributed by atoms with Crippen LogP contribution in [0.1, 0.15) is 12.1 Å². The third kappa shape index (κ3) is 2.80. The molecular formula is C24H19N5O2S. The fourth-order valence-electron chi connectivity index (χ4n) is 4.45. The number of nitrogens with zero attached hydrogens (tertiary/aromatic N) is 5. The second kappa shape index (κ2) is 7.13. The first kappa shape index (κ1) is 18.9. The van der Waals surface area contributed by atoms with Crippen molar-refractivity contribution >= 4 is 20.9 Å². The van der Waals surface area contributed by atoms with E-state index >= 15 is 0 Å². The minimum Gasteiger partial charge on any atom is -0.268 e. The first-order valence-corrected chi connectivity index (χ1v) is 11.9. The third-order valence-electron chi connectivity index (χ3n) is 5.89. The highest BCUT2D eigenvalue weighted by Gasteiger charge is 2.29. The Labute approximate surface area is 185 Å². The van der Waals surface area contributed by atoms with Crippen LogP contribution in [0.25, 0.3) is 33.4 Å². The van der Waals surface area contributed by atoms with Gasteiger partial charge in [0.15, 0.2) is 0 Å². The van der Waals surface area contributed by atoms with Crippen LogP contribution in [0.3, 0.4) is 0 Å². The first-order valence-electron chi connectivity index (χ1n) is 10.4. The maximum atomic E-state index is 13.5. The van der Waals surface area contributed by atoms with Gasteiger partial charge in [-0.1, -0.05) is 24.3 Å². The molecule has 0 fully saturated rings. The summed E-state index contributed by atoms with van der Waals surface area (Å²) in [6.07, 6.45) is 8.64. The van der Waals surface area contributed by atoms with E-state index in [0.29, 0.717) is 5.52 Å². The predicted molar refractivity (Wildman–Crippen MR) is 122 cm³/mol. The first-order chi connectivity index (χ1) is 15.6. The highest BCUT2D eigenvalue weighted by molar-refractivity contribution is 7.90. The van der Waals surface area contributed by atoms with Gasteiger partial charge >= 0.3 is 0 Å². The summed E-state index contributed by atoms with van der Waals surface area (Å²) in [5, 5.41) is 5.67. The van der Waals surface area contributed by atoms with Crippen molar-refractivity contribution in [2.45, 2.75) is 24.3 Å². The normalized spacial score (nSPS) is 13.5. The van der Waals surface area contributed by atoms with Crippen LogP contribution in [0.4, 0.5) is 0 Å². The smallest absolute Gasteiger partial charge is 0.268 e. The van der Waals surface area contributed by atoms with Gasteiger partial charge in [0.1, 0.15) is 5.69 Å². The lowest BCUT2D eigenvalue weighted by molar-refractivity contribution is 0.589. The second-order valence-electron chi connectivity index (χ2n) is 7.76. The average Bonchev–Trinajstić information content (AvgIpc) is 3.53. The average molecular weight is 442 g/mol. The standard InChI is InChI=1S/C24H19N5O2S/c30-32(31,17-7-2-1-3-8-17)29-16-19(18-11-13-25-15-22(18)29)23-21-10-6-14-28(21)27-24(23)20-9-4-5-12-26-20/h1-5,7-9,11-13,15-16H,6,10,14H2. The zero-order valence-corrected chi connectivity index (χ0v) is 17.9. The molecule has 0 saturated carbocycles. The van der Waals surface area contributed by atoms with Crippen LogP contribution in [0, 0.1) is 0 Å². The number of fused-ring (bicyclic) bond motifs is 2. The van der Waals surface area contributed by atoms with Crippen molar-refractivity contribution in [3.05, 3.63) is 85.1 Å². The van der Waals surface area contributed by atoms with E-state index in [9.17, 15) is 8.42 Å². The van der Waals surface area contributed by atoms with Crippen LogP contribution < -0.4 is 0 Å². The molecule has 0 spiro atoms. The van der Waals surface area contributed by atoms with Gasteiger partial charge in [0.05, 0.1) is 22.3 Å². The summed E-state index contributed by atoms with van der Waals surface area (Å²) in [5.74, 6) is 0. The molecule has 158 valence electrons. The fraction of sp³-hybridized carbons (Fsp3) is 0.125. The Balaban J connectivity index is 1.65. The zero-order valence-electron chi connectivity index (χ0n) is 17.1. The van der Waals surface area contributed by atoms with Gasteiger partial charge in [0.2, 0.25) is 0 Å². The maximum Gasteiger partial charge on any atom is 0.268 e. The van der Waals surface area contributed by atoms with Crippen molar-refractivity contribution in [3.8, 4) is 22.5 Å². The molecule has 0 radical (unpaired) electrons. The molecule has 32 heavy (non-hydrogen) atoms. The summed E-state index contributed by atoms with van der Waals surface area (Å²) in [6, 6.07) is 16.1. The topological polar surface area (TPSA) is 82.7 Å². The summed E-state index contributed by atoms with van der Waals surface area (Å²) in [5.41, 5.74) is 4.96. The summed E-state index contributed by atoms with van der Waals surface area (Å²) in [4.78, 5) is 8.96. The van der Waals surface area contributed by atoms with Crippen molar-refractivity contribution in [2.24, 2.45) is 0 Å². The molecule has 4 aromatic heterocycles. The number of aryl methyl sites for hydroxylation is 1. The van der Waals surface area contributed by atoms with Crippen molar-refractivity contribution in [1.82, 2.24) is 23.7 Å². The molecule has 7 nitrogen and oxygen atoms in total. The van der Waals surface area contributed by atoms with E-state index in [-0.39, 0.29) is 4.90 Å². The zero-order chi connectivity index (χ0) is 21.7. The molecule has 6 rings (SSSR count). The molecule has 0 aliphatic carbocycles. The Bertz CT molecular complexity index is 1550. The molecule has 5 heterocycles. The summed E-state index contributed by atoms with van der Waals surface area (Å²) >= 11 is 0. The number of pyridine rings is 2. The van der Waals surface area contributed by atoms with Crippen LogP contribution >= 0.6 is 0 Å². The van der Waals surface area contributed by atoms with E-state index in [2.05, 4.69) is 9.97 Å². The van der Waals surface area contributed by atoms with Crippen molar-refractivity contribution in [3.63, 3.8) is 0 Å². The minimum absolute atomic E-state index is 0.234. The molecule has 0 N–H and O–H groups in total. The number of rotatable bonds is 4. The van der Waals surface area contributed by atoms with Gasteiger partial charge in [0.25, 0.3) is 10.0 Å². The van der Waals surface area contributed by atoms with Crippen molar-refractivity contribution in [2.75, 3.05) is 0 Å².